The SMILES string of the molecule is C#CCNC(=O)N(C)C1CC1(C)C. The van der Waals surface area contributed by atoms with Crippen LogP contribution in [0.1, 0.15) is 20.3 Å². The van der Waals surface area contributed by atoms with Gasteiger partial charge in [-0.15, -0.1) is 6.42 Å². The lowest BCUT2D eigenvalue weighted by molar-refractivity contribution is 0.202. The van der Waals surface area contributed by atoms with Gasteiger partial charge in [-0.1, -0.05) is 19.8 Å². The zero-order valence-corrected chi connectivity index (χ0v) is 8.42. The minimum atomic E-state index is -0.0754. The molecular formula is C10H16N2O. The molecular weight excluding hydrogens is 164 g/mol. The van der Waals surface area contributed by atoms with E-state index < -0.39 is 0 Å². The Kier molecular flexibility index (Phi) is 2.51. The molecule has 1 aliphatic rings. The van der Waals surface area contributed by atoms with Gasteiger partial charge < -0.3 is 10.2 Å². The summed E-state index contributed by atoms with van der Waals surface area (Å²) in [7, 11) is 1.81. The third-order valence-electron chi connectivity index (χ3n) is 2.59. The Labute approximate surface area is 79.5 Å². The van der Waals surface area contributed by atoms with E-state index in [1.54, 1.807) is 4.90 Å². The van der Waals surface area contributed by atoms with E-state index >= 15 is 0 Å². The average molecular weight is 180 g/mol. The van der Waals surface area contributed by atoms with Crippen LogP contribution in [0.25, 0.3) is 0 Å². The number of amides is 2. The molecule has 3 heteroatoms. The summed E-state index contributed by atoms with van der Waals surface area (Å²) >= 11 is 0. The monoisotopic (exact) mass is 180 g/mol. The van der Waals surface area contributed by atoms with Crippen molar-refractivity contribution in [1.29, 1.82) is 0 Å². The Hall–Kier alpha value is -1.17. The molecule has 0 aromatic rings. The summed E-state index contributed by atoms with van der Waals surface area (Å²) in [6, 6.07) is 0.291. The molecule has 1 fully saturated rings. The van der Waals surface area contributed by atoms with E-state index in [0.29, 0.717) is 12.6 Å². The molecule has 3 nitrogen and oxygen atoms in total. The van der Waals surface area contributed by atoms with Crippen LogP contribution in [0, 0.1) is 17.8 Å². The van der Waals surface area contributed by atoms with E-state index in [9.17, 15) is 4.79 Å². The molecule has 1 saturated carbocycles. The molecule has 1 aliphatic carbocycles. The van der Waals surface area contributed by atoms with Gasteiger partial charge in [-0.05, 0) is 11.8 Å². The van der Waals surface area contributed by atoms with Gasteiger partial charge in [0.25, 0.3) is 0 Å². The molecule has 0 bridgehead atoms. The fourth-order valence-electron chi connectivity index (χ4n) is 1.49. The summed E-state index contributed by atoms with van der Waals surface area (Å²) in [6.45, 7) is 4.61. The van der Waals surface area contributed by atoms with Gasteiger partial charge in [0, 0.05) is 13.1 Å². The van der Waals surface area contributed by atoms with Crippen molar-refractivity contribution in [3.63, 3.8) is 0 Å². The molecule has 0 radical (unpaired) electrons. The van der Waals surface area contributed by atoms with Crippen molar-refractivity contribution in [2.24, 2.45) is 5.41 Å². The Morgan fingerprint density at radius 2 is 2.31 bits per heavy atom. The highest BCUT2D eigenvalue weighted by Crippen LogP contribution is 2.47. The third-order valence-corrected chi connectivity index (χ3v) is 2.59. The second kappa shape index (κ2) is 3.29. The van der Waals surface area contributed by atoms with E-state index in [0.717, 1.165) is 6.42 Å². The summed E-state index contributed by atoms with van der Waals surface area (Å²) in [6.07, 6.45) is 6.12. The molecule has 1 unspecified atom stereocenters. The van der Waals surface area contributed by atoms with Gasteiger partial charge in [0.1, 0.15) is 0 Å². The van der Waals surface area contributed by atoms with Crippen molar-refractivity contribution in [2.75, 3.05) is 13.6 Å². The molecule has 1 N–H and O–H groups in total. The van der Waals surface area contributed by atoms with Crippen LogP contribution in [-0.4, -0.2) is 30.6 Å². The van der Waals surface area contributed by atoms with Crippen LogP contribution < -0.4 is 5.32 Å². The third kappa shape index (κ3) is 2.15. The lowest BCUT2D eigenvalue weighted by Crippen LogP contribution is -2.40. The quantitative estimate of drug-likeness (QED) is 0.633. The van der Waals surface area contributed by atoms with Crippen molar-refractivity contribution in [1.82, 2.24) is 10.2 Å². The van der Waals surface area contributed by atoms with Crippen LogP contribution in [0.2, 0.25) is 0 Å². The van der Waals surface area contributed by atoms with Crippen LogP contribution in [0.3, 0.4) is 0 Å². The summed E-state index contributed by atoms with van der Waals surface area (Å²) in [5, 5.41) is 2.64. The van der Waals surface area contributed by atoms with Crippen LogP contribution in [0.15, 0.2) is 0 Å². The molecule has 1 rings (SSSR count). The molecule has 0 saturated heterocycles. The van der Waals surface area contributed by atoms with Gasteiger partial charge >= 0.3 is 6.03 Å². The number of carbonyl (C=O) groups excluding carboxylic acids is 1. The minimum Gasteiger partial charge on any atom is -0.327 e. The Morgan fingerprint density at radius 3 is 2.69 bits per heavy atom. The molecule has 1 atom stereocenters. The van der Waals surface area contributed by atoms with E-state index in [1.165, 1.54) is 0 Å². The maximum absolute atomic E-state index is 11.4. The van der Waals surface area contributed by atoms with Crippen molar-refractivity contribution in [2.45, 2.75) is 26.3 Å². The summed E-state index contributed by atoms with van der Waals surface area (Å²) < 4.78 is 0. The highest BCUT2D eigenvalue weighted by atomic mass is 16.2. The lowest BCUT2D eigenvalue weighted by Gasteiger charge is -2.18. The largest absolute Gasteiger partial charge is 0.327 e. The van der Waals surface area contributed by atoms with E-state index in [-0.39, 0.29) is 11.4 Å². The highest BCUT2D eigenvalue weighted by Gasteiger charge is 2.49. The number of nitrogens with one attached hydrogen (secondary N) is 1. The minimum absolute atomic E-state index is 0.0754. The number of rotatable bonds is 2. The Balaban J connectivity index is 2.37. The zero-order chi connectivity index (χ0) is 10.1. The van der Waals surface area contributed by atoms with Gasteiger partial charge in [0.2, 0.25) is 0 Å². The number of nitrogens with zero attached hydrogens (tertiary/aromatic N) is 1. The number of hydrogen-bond acceptors (Lipinski definition) is 1. The molecule has 0 spiro atoms. The normalized spacial score (nSPS) is 23.1. The molecule has 13 heavy (non-hydrogen) atoms. The first kappa shape index (κ1) is 9.91. The van der Waals surface area contributed by atoms with E-state index in [4.69, 9.17) is 6.42 Å². The maximum Gasteiger partial charge on any atom is 0.318 e. The Bertz CT molecular complexity index is 252. The number of urea groups is 1. The van der Waals surface area contributed by atoms with Gasteiger partial charge in [-0.25, -0.2) is 4.79 Å². The average Bonchev–Trinajstić information content (AvgIpc) is 2.69. The zero-order valence-electron chi connectivity index (χ0n) is 8.42. The number of carbonyl (C=O) groups is 1. The van der Waals surface area contributed by atoms with Crippen LogP contribution >= 0.6 is 0 Å². The standard InChI is InChI=1S/C10H16N2O/c1-5-6-11-9(13)12(4)8-7-10(8,2)3/h1,8H,6-7H2,2-4H3,(H,11,13). The van der Waals surface area contributed by atoms with Crippen molar-refractivity contribution in [3.05, 3.63) is 0 Å². The summed E-state index contributed by atoms with van der Waals surface area (Å²) in [4.78, 5) is 13.1. The lowest BCUT2D eigenvalue weighted by atomic mass is 10.2. The van der Waals surface area contributed by atoms with Gasteiger partial charge in [-0.3, -0.25) is 0 Å². The Morgan fingerprint density at radius 1 is 1.77 bits per heavy atom. The fourth-order valence-corrected chi connectivity index (χ4v) is 1.49. The fraction of sp³-hybridized carbons (Fsp3) is 0.700. The van der Waals surface area contributed by atoms with E-state index in [1.807, 2.05) is 7.05 Å². The number of hydrogen-bond donors (Lipinski definition) is 1. The van der Waals surface area contributed by atoms with E-state index in [2.05, 4.69) is 25.1 Å². The summed E-state index contributed by atoms with van der Waals surface area (Å²) in [5.74, 6) is 2.37. The second-order valence-electron chi connectivity index (χ2n) is 4.18. The molecule has 0 heterocycles. The second-order valence-corrected chi connectivity index (χ2v) is 4.18. The smallest absolute Gasteiger partial charge is 0.318 e. The van der Waals surface area contributed by atoms with Gasteiger partial charge in [0.05, 0.1) is 6.54 Å². The highest BCUT2D eigenvalue weighted by molar-refractivity contribution is 5.75. The molecule has 0 aromatic carbocycles. The van der Waals surface area contributed by atoms with Crippen LogP contribution in [0.5, 0.6) is 0 Å². The topological polar surface area (TPSA) is 32.3 Å². The van der Waals surface area contributed by atoms with Crippen molar-refractivity contribution < 1.29 is 4.79 Å². The first-order valence-electron chi connectivity index (χ1n) is 4.43. The van der Waals surface area contributed by atoms with Crippen molar-refractivity contribution >= 4 is 6.03 Å². The van der Waals surface area contributed by atoms with Crippen molar-refractivity contribution in [3.8, 4) is 12.3 Å². The van der Waals surface area contributed by atoms with Gasteiger partial charge in [-0.2, -0.15) is 0 Å². The first-order chi connectivity index (χ1) is 5.99. The molecule has 2 amide bonds. The summed E-state index contributed by atoms with van der Waals surface area (Å²) in [5.41, 5.74) is 0.280. The number of terminal acetylenes is 1. The van der Waals surface area contributed by atoms with Crippen LogP contribution in [-0.2, 0) is 0 Å². The molecule has 72 valence electrons. The first-order valence-corrected chi connectivity index (χ1v) is 4.43. The molecule has 0 aliphatic heterocycles. The molecule has 0 aromatic heterocycles. The predicted molar refractivity (Wildman–Crippen MR) is 52.2 cm³/mol. The van der Waals surface area contributed by atoms with Gasteiger partial charge in [0.15, 0.2) is 0 Å². The van der Waals surface area contributed by atoms with Crippen LogP contribution in [0.4, 0.5) is 4.79 Å². The maximum atomic E-state index is 11.4. The predicted octanol–water partition coefficient (Wildman–Crippen LogP) is 1.06.